The van der Waals surface area contributed by atoms with Gasteiger partial charge in [0.1, 0.15) is 12.4 Å². The summed E-state index contributed by atoms with van der Waals surface area (Å²) in [4.78, 5) is 0. The predicted octanol–water partition coefficient (Wildman–Crippen LogP) is 3.47. The summed E-state index contributed by atoms with van der Waals surface area (Å²) in [6, 6.07) is 14.9. The predicted molar refractivity (Wildman–Crippen MR) is 70.6 cm³/mol. The third kappa shape index (κ3) is 1.98. The van der Waals surface area contributed by atoms with Gasteiger partial charge in [0.15, 0.2) is 0 Å². The second-order valence-electron chi connectivity index (χ2n) is 4.36. The van der Waals surface area contributed by atoms with Crippen LogP contribution < -0.4 is 10.1 Å². The number of benzene rings is 2. The Kier molecular flexibility index (Phi) is 2.48. The normalized spacial score (nSPS) is 13.5. The Balaban J connectivity index is 2.04. The molecule has 0 saturated carbocycles. The standard InChI is InChI=1S/C15H15NO/c1-11-3-2-4-12(9-11)13-5-6-14-15(10-13)17-8-7-16-14/h2-6,9-10,16H,7-8H2,1H3. The van der Waals surface area contributed by atoms with E-state index in [0.717, 1.165) is 24.6 Å². The fourth-order valence-corrected chi connectivity index (χ4v) is 2.14. The maximum atomic E-state index is 5.65. The molecule has 0 unspecified atom stereocenters. The Morgan fingerprint density at radius 2 is 1.94 bits per heavy atom. The summed E-state index contributed by atoms with van der Waals surface area (Å²) in [6.45, 7) is 3.74. The van der Waals surface area contributed by atoms with Crippen molar-refractivity contribution in [2.24, 2.45) is 0 Å². The summed E-state index contributed by atoms with van der Waals surface area (Å²) < 4.78 is 5.65. The van der Waals surface area contributed by atoms with Crippen LogP contribution in [0.4, 0.5) is 5.69 Å². The second kappa shape index (κ2) is 4.13. The van der Waals surface area contributed by atoms with Crippen LogP contribution in [0.15, 0.2) is 42.5 Å². The molecule has 0 aliphatic carbocycles. The van der Waals surface area contributed by atoms with E-state index in [0.29, 0.717) is 0 Å². The number of hydrogen-bond acceptors (Lipinski definition) is 2. The van der Waals surface area contributed by atoms with Gasteiger partial charge < -0.3 is 10.1 Å². The number of hydrogen-bond donors (Lipinski definition) is 1. The molecule has 3 rings (SSSR count). The first-order chi connectivity index (χ1) is 8.33. The van der Waals surface area contributed by atoms with Gasteiger partial charge >= 0.3 is 0 Å². The molecule has 1 heterocycles. The summed E-state index contributed by atoms with van der Waals surface area (Å²) in [5, 5.41) is 3.33. The lowest BCUT2D eigenvalue weighted by Gasteiger charge is -2.19. The minimum absolute atomic E-state index is 0.740. The van der Waals surface area contributed by atoms with E-state index < -0.39 is 0 Å². The van der Waals surface area contributed by atoms with Crippen molar-refractivity contribution in [2.75, 3.05) is 18.5 Å². The zero-order valence-corrected chi connectivity index (χ0v) is 9.86. The molecule has 0 atom stereocenters. The Bertz CT molecular complexity index is 548. The van der Waals surface area contributed by atoms with E-state index >= 15 is 0 Å². The number of rotatable bonds is 1. The Hall–Kier alpha value is -1.96. The lowest BCUT2D eigenvalue weighted by Crippen LogP contribution is -2.17. The van der Waals surface area contributed by atoms with E-state index in [1.54, 1.807) is 0 Å². The largest absolute Gasteiger partial charge is 0.490 e. The molecule has 0 saturated heterocycles. The number of anilines is 1. The van der Waals surface area contributed by atoms with Gasteiger partial charge in [-0.25, -0.2) is 0 Å². The lowest BCUT2D eigenvalue weighted by molar-refractivity contribution is 0.323. The highest BCUT2D eigenvalue weighted by Crippen LogP contribution is 2.32. The van der Waals surface area contributed by atoms with Crippen LogP contribution in [-0.4, -0.2) is 13.2 Å². The summed E-state index contributed by atoms with van der Waals surface area (Å²) in [5.41, 5.74) is 4.81. The van der Waals surface area contributed by atoms with Gasteiger partial charge in [-0.15, -0.1) is 0 Å². The van der Waals surface area contributed by atoms with Gasteiger partial charge in [-0.2, -0.15) is 0 Å². The molecule has 0 spiro atoms. The number of fused-ring (bicyclic) bond motifs is 1. The lowest BCUT2D eigenvalue weighted by atomic mass is 10.0. The van der Waals surface area contributed by atoms with E-state index in [2.05, 4.69) is 54.7 Å². The van der Waals surface area contributed by atoms with Gasteiger partial charge in [0, 0.05) is 6.54 Å². The summed E-state index contributed by atoms with van der Waals surface area (Å²) >= 11 is 0. The van der Waals surface area contributed by atoms with E-state index in [-0.39, 0.29) is 0 Å². The van der Waals surface area contributed by atoms with Crippen molar-refractivity contribution < 1.29 is 4.74 Å². The highest BCUT2D eigenvalue weighted by atomic mass is 16.5. The fraction of sp³-hybridized carbons (Fsp3) is 0.200. The molecule has 0 amide bonds. The first-order valence-corrected chi connectivity index (χ1v) is 5.91. The number of ether oxygens (including phenoxy) is 1. The van der Waals surface area contributed by atoms with Gasteiger partial charge in [-0.1, -0.05) is 35.9 Å². The Labute approximate surface area is 101 Å². The fourth-order valence-electron chi connectivity index (χ4n) is 2.14. The van der Waals surface area contributed by atoms with Crippen LogP contribution in [0.2, 0.25) is 0 Å². The van der Waals surface area contributed by atoms with Crippen LogP contribution in [0.3, 0.4) is 0 Å². The molecular weight excluding hydrogens is 210 g/mol. The SMILES string of the molecule is Cc1cccc(-c2ccc3c(c2)OCCN3)c1. The summed E-state index contributed by atoms with van der Waals surface area (Å²) in [5.74, 6) is 0.954. The first-order valence-electron chi connectivity index (χ1n) is 5.91. The molecule has 2 aromatic carbocycles. The maximum absolute atomic E-state index is 5.65. The minimum Gasteiger partial charge on any atom is -0.490 e. The zero-order chi connectivity index (χ0) is 11.7. The maximum Gasteiger partial charge on any atom is 0.143 e. The molecule has 1 aliphatic rings. The van der Waals surface area contributed by atoms with Crippen LogP contribution in [0.5, 0.6) is 5.75 Å². The van der Waals surface area contributed by atoms with Crippen LogP contribution in [0.25, 0.3) is 11.1 Å². The van der Waals surface area contributed by atoms with Crippen molar-refractivity contribution in [1.82, 2.24) is 0 Å². The third-order valence-electron chi connectivity index (χ3n) is 3.01. The van der Waals surface area contributed by atoms with Crippen LogP contribution >= 0.6 is 0 Å². The van der Waals surface area contributed by atoms with Gasteiger partial charge in [-0.05, 0) is 30.2 Å². The van der Waals surface area contributed by atoms with Crippen molar-refractivity contribution in [3.8, 4) is 16.9 Å². The van der Waals surface area contributed by atoms with Crippen molar-refractivity contribution in [1.29, 1.82) is 0 Å². The molecule has 0 radical (unpaired) electrons. The van der Waals surface area contributed by atoms with Crippen LogP contribution in [0.1, 0.15) is 5.56 Å². The van der Waals surface area contributed by atoms with Crippen molar-refractivity contribution in [3.05, 3.63) is 48.0 Å². The van der Waals surface area contributed by atoms with Crippen molar-refractivity contribution in [3.63, 3.8) is 0 Å². The highest BCUT2D eigenvalue weighted by Gasteiger charge is 2.10. The highest BCUT2D eigenvalue weighted by molar-refractivity contribution is 5.71. The first kappa shape index (κ1) is 10.2. The second-order valence-corrected chi connectivity index (χ2v) is 4.36. The van der Waals surface area contributed by atoms with Crippen LogP contribution in [0, 0.1) is 6.92 Å². The van der Waals surface area contributed by atoms with E-state index in [9.17, 15) is 0 Å². The minimum atomic E-state index is 0.740. The molecule has 2 nitrogen and oxygen atoms in total. The van der Waals surface area contributed by atoms with Crippen molar-refractivity contribution >= 4 is 5.69 Å². The molecule has 1 aliphatic heterocycles. The average molecular weight is 225 g/mol. The molecule has 0 fully saturated rings. The van der Waals surface area contributed by atoms with Gasteiger partial charge in [0.2, 0.25) is 0 Å². The smallest absolute Gasteiger partial charge is 0.143 e. The van der Waals surface area contributed by atoms with E-state index in [1.165, 1.54) is 16.7 Å². The Morgan fingerprint density at radius 3 is 2.82 bits per heavy atom. The van der Waals surface area contributed by atoms with E-state index in [1.807, 2.05) is 0 Å². The monoisotopic (exact) mass is 225 g/mol. The summed E-state index contributed by atoms with van der Waals surface area (Å²) in [7, 11) is 0. The summed E-state index contributed by atoms with van der Waals surface area (Å²) in [6.07, 6.45) is 0. The Morgan fingerprint density at radius 1 is 1.06 bits per heavy atom. The van der Waals surface area contributed by atoms with Gasteiger partial charge in [0.05, 0.1) is 5.69 Å². The van der Waals surface area contributed by atoms with Crippen molar-refractivity contribution in [2.45, 2.75) is 6.92 Å². The molecule has 17 heavy (non-hydrogen) atoms. The molecule has 1 N–H and O–H groups in total. The zero-order valence-electron chi connectivity index (χ0n) is 9.86. The number of nitrogens with one attached hydrogen (secondary N) is 1. The molecule has 86 valence electrons. The topological polar surface area (TPSA) is 21.3 Å². The molecule has 2 aromatic rings. The molecular formula is C15H15NO. The van der Waals surface area contributed by atoms with E-state index in [4.69, 9.17) is 4.74 Å². The quantitative estimate of drug-likeness (QED) is 0.802. The van der Waals surface area contributed by atoms with Gasteiger partial charge in [0.25, 0.3) is 0 Å². The third-order valence-corrected chi connectivity index (χ3v) is 3.01. The average Bonchev–Trinajstić information content (AvgIpc) is 2.38. The number of aryl methyl sites for hydroxylation is 1. The molecule has 2 heteroatoms. The molecule has 0 aromatic heterocycles. The van der Waals surface area contributed by atoms with Gasteiger partial charge in [-0.3, -0.25) is 0 Å². The molecule has 0 bridgehead atoms. The van der Waals surface area contributed by atoms with Crippen LogP contribution in [-0.2, 0) is 0 Å².